The predicted molar refractivity (Wildman–Crippen MR) is 66.6 cm³/mol. The van der Waals surface area contributed by atoms with Crippen molar-refractivity contribution in [3.63, 3.8) is 0 Å². The lowest BCUT2D eigenvalue weighted by atomic mass is 9.86. The lowest BCUT2D eigenvalue weighted by Crippen LogP contribution is -2.24. The quantitative estimate of drug-likeness (QED) is 0.772. The van der Waals surface area contributed by atoms with Gasteiger partial charge in [0.05, 0.1) is 0 Å². The third-order valence-corrected chi connectivity index (χ3v) is 2.66. The summed E-state index contributed by atoms with van der Waals surface area (Å²) < 4.78 is 0. The average molecular weight is 239 g/mol. The van der Waals surface area contributed by atoms with Crippen LogP contribution in [-0.4, -0.2) is 10.2 Å². The van der Waals surface area contributed by atoms with E-state index in [0.717, 1.165) is 0 Å². The van der Waals surface area contributed by atoms with Gasteiger partial charge >= 0.3 is 0 Å². The predicted octanol–water partition coefficient (Wildman–Crippen LogP) is 3.39. The molecule has 1 aromatic carbocycles. The van der Waals surface area contributed by atoms with Crippen LogP contribution in [-0.2, 0) is 5.60 Å². The van der Waals surface area contributed by atoms with Crippen molar-refractivity contribution in [1.29, 1.82) is 0 Å². The molecule has 0 saturated carbocycles. The summed E-state index contributed by atoms with van der Waals surface area (Å²) in [5.41, 5.74) is -0.793. The molecule has 0 unspecified atom stereocenters. The highest BCUT2D eigenvalue weighted by Crippen LogP contribution is 2.36. The van der Waals surface area contributed by atoms with Gasteiger partial charge in [0.15, 0.2) is 0 Å². The maximum atomic E-state index is 10.4. The molecule has 0 aliphatic heterocycles. The van der Waals surface area contributed by atoms with Crippen LogP contribution in [0.25, 0.3) is 0 Å². The molecule has 0 atom stereocenters. The summed E-state index contributed by atoms with van der Waals surface area (Å²) in [4.78, 5) is 0. The number of halogens is 1. The highest BCUT2D eigenvalue weighted by molar-refractivity contribution is 6.30. The summed E-state index contributed by atoms with van der Waals surface area (Å²) in [6.45, 7) is 7.19. The van der Waals surface area contributed by atoms with E-state index in [1.54, 1.807) is 24.3 Å². The molecule has 16 heavy (non-hydrogen) atoms. The fraction of sp³-hybridized carbons (Fsp3) is 0.231. The molecule has 1 aromatic rings. The smallest absolute Gasteiger partial charge is 0.121 e. The van der Waals surface area contributed by atoms with Gasteiger partial charge in [-0.05, 0) is 31.0 Å². The number of hydrogen-bond donors (Lipinski definition) is 2. The van der Waals surface area contributed by atoms with E-state index < -0.39 is 5.60 Å². The van der Waals surface area contributed by atoms with Gasteiger partial charge in [-0.3, -0.25) is 0 Å². The summed E-state index contributed by atoms with van der Waals surface area (Å²) in [6, 6.07) is 4.60. The second-order valence-electron chi connectivity index (χ2n) is 3.68. The lowest BCUT2D eigenvalue weighted by Gasteiger charge is -2.27. The molecular formula is C13H15ClO2. The Balaban J connectivity index is 3.23. The molecular weight excluding hydrogens is 224 g/mol. The van der Waals surface area contributed by atoms with Crippen molar-refractivity contribution >= 4 is 11.6 Å². The average Bonchev–Trinajstić information content (AvgIpc) is 2.22. The fourth-order valence-corrected chi connectivity index (χ4v) is 1.83. The van der Waals surface area contributed by atoms with Gasteiger partial charge in [0.2, 0.25) is 0 Å². The second-order valence-corrected chi connectivity index (χ2v) is 4.12. The third-order valence-electron chi connectivity index (χ3n) is 2.42. The van der Waals surface area contributed by atoms with Crippen LogP contribution >= 0.6 is 11.6 Å². The van der Waals surface area contributed by atoms with E-state index >= 15 is 0 Å². The van der Waals surface area contributed by atoms with Crippen LogP contribution in [0.15, 0.2) is 43.5 Å². The van der Waals surface area contributed by atoms with E-state index in [4.69, 9.17) is 11.6 Å². The Kier molecular flexibility index (Phi) is 4.16. The van der Waals surface area contributed by atoms with Gasteiger partial charge in [0.25, 0.3) is 0 Å². The highest BCUT2D eigenvalue weighted by atomic mass is 35.5. The van der Waals surface area contributed by atoms with Crippen molar-refractivity contribution in [2.45, 2.75) is 18.4 Å². The molecule has 0 bridgehead atoms. The minimum absolute atomic E-state index is 0.0237. The summed E-state index contributed by atoms with van der Waals surface area (Å²) in [5.74, 6) is 0.0237. The Bertz CT molecular complexity index is 389. The Morgan fingerprint density at radius 3 is 2.31 bits per heavy atom. The normalized spacial score (nSPS) is 11.1. The first-order valence-electron chi connectivity index (χ1n) is 4.96. The molecule has 0 fully saturated rings. The number of phenols is 1. The molecule has 0 heterocycles. The maximum absolute atomic E-state index is 10.4. The summed E-state index contributed by atoms with van der Waals surface area (Å²) >= 11 is 5.85. The largest absolute Gasteiger partial charge is 0.508 e. The first-order valence-corrected chi connectivity index (χ1v) is 5.34. The first-order chi connectivity index (χ1) is 7.53. The van der Waals surface area contributed by atoms with Crippen molar-refractivity contribution < 1.29 is 10.2 Å². The van der Waals surface area contributed by atoms with Gasteiger partial charge in [0.1, 0.15) is 11.4 Å². The molecule has 0 spiro atoms. The van der Waals surface area contributed by atoms with Crippen LogP contribution in [0.3, 0.4) is 0 Å². The first kappa shape index (κ1) is 12.8. The molecule has 0 saturated heterocycles. The molecule has 0 radical (unpaired) electrons. The number of hydrogen-bond acceptors (Lipinski definition) is 2. The number of aliphatic hydroxyl groups is 1. The van der Waals surface area contributed by atoms with E-state index in [9.17, 15) is 10.2 Å². The minimum atomic E-state index is -1.20. The van der Waals surface area contributed by atoms with Crippen LogP contribution in [0.4, 0.5) is 0 Å². The number of rotatable bonds is 5. The van der Waals surface area contributed by atoms with Crippen LogP contribution in [0.1, 0.15) is 18.4 Å². The van der Waals surface area contributed by atoms with Crippen LogP contribution in [0, 0.1) is 0 Å². The van der Waals surface area contributed by atoms with Gasteiger partial charge in [-0.25, -0.2) is 0 Å². The van der Waals surface area contributed by atoms with Crippen molar-refractivity contribution in [3.8, 4) is 5.75 Å². The second kappa shape index (κ2) is 5.19. The van der Waals surface area contributed by atoms with Crippen LogP contribution < -0.4 is 0 Å². The fourth-order valence-electron chi connectivity index (χ4n) is 1.66. The molecule has 86 valence electrons. The zero-order chi connectivity index (χ0) is 12.2. The number of phenolic OH excluding ortho intramolecular Hbond substituents is 1. The molecule has 2 N–H and O–H groups in total. The lowest BCUT2D eigenvalue weighted by molar-refractivity contribution is 0.0406. The summed E-state index contributed by atoms with van der Waals surface area (Å²) in [6.07, 6.45) is 3.85. The monoisotopic (exact) mass is 238 g/mol. The van der Waals surface area contributed by atoms with Gasteiger partial charge in [-0.2, -0.15) is 0 Å². The minimum Gasteiger partial charge on any atom is -0.508 e. The summed E-state index contributed by atoms with van der Waals surface area (Å²) in [5, 5.41) is 20.6. The summed E-state index contributed by atoms with van der Waals surface area (Å²) in [7, 11) is 0. The molecule has 2 nitrogen and oxygen atoms in total. The van der Waals surface area contributed by atoms with Gasteiger partial charge < -0.3 is 10.2 Å². The van der Waals surface area contributed by atoms with E-state index in [1.165, 1.54) is 6.07 Å². The van der Waals surface area contributed by atoms with E-state index in [-0.39, 0.29) is 5.75 Å². The topological polar surface area (TPSA) is 40.5 Å². The van der Waals surface area contributed by atoms with E-state index in [1.807, 2.05) is 0 Å². The Labute approximate surface area is 100 Å². The van der Waals surface area contributed by atoms with Crippen molar-refractivity contribution in [1.82, 2.24) is 0 Å². The molecule has 0 aliphatic carbocycles. The Morgan fingerprint density at radius 1 is 1.25 bits per heavy atom. The zero-order valence-corrected chi connectivity index (χ0v) is 9.74. The maximum Gasteiger partial charge on any atom is 0.121 e. The molecule has 0 amide bonds. The number of aromatic hydroxyl groups is 1. The van der Waals surface area contributed by atoms with Gasteiger partial charge in [0, 0.05) is 10.6 Å². The van der Waals surface area contributed by atoms with Gasteiger partial charge in [-0.15, -0.1) is 13.2 Å². The highest BCUT2D eigenvalue weighted by Gasteiger charge is 2.29. The SMILES string of the molecule is C=CCC(O)(CC=C)c1cc(Cl)ccc1O. The van der Waals surface area contributed by atoms with Gasteiger partial charge in [-0.1, -0.05) is 23.8 Å². The Morgan fingerprint density at radius 2 is 1.81 bits per heavy atom. The molecule has 0 aliphatic rings. The van der Waals surface area contributed by atoms with E-state index in [0.29, 0.717) is 23.4 Å². The van der Waals surface area contributed by atoms with Crippen molar-refractivity contribution in [2.24, 2.45) is 0 Å². The van der Waals surface area contributed by atoms with E-state index in [2.05, 4.69) is 13.2 Å². The van der Waals surface area contributed by atoms with Crippen molar-refractivity contribution in [3.05, 3.63) is 54.1 Å². The number of benzene rings is 1. The Hall–Kier alpha value is -1.25. The molecule has 1 rings (SSSR count). The van der Waals surface area contributed by atoms with Crippen LogP contribution in [0.5, 0.6) is 5.75 Å². The third kappa shape index (κ3) is 2.65. The zero-order valence-electron chi connectivity index (χ0n) is 8.99. The standard InChI is InChI=1S/C13H15ClO2/c1-3-7-13(16,8-4-2)11-9-10(14)5-6-12(11)15/h3-6,9,15-16H,1-2,7-8H2. The van der Waals surface area contributed by atoms with Crippen molar-refractivity contribution in [2.75, 3.05) is 0 Å². The molecule has 3 heteroatoms. The molecule has 0 aromatic heterocycles. The van der Waals surface area contributed by atoms with Crippen LogP contribution in [0.2, 0.25) is 5.02 Å².